The van der Waals surface area contributed by atoms with Gasteiger partial charge in [0, 0.05) is 12.2 Å². The largest absolute Gasteiger partial charge is 0.323 e. The Morgan fingerprint density at radius 2 is 2.21 bits per heavy atom. The first-order chi connectivity index (χ1) is 6.84. The number of rotatable bonds is 6. The zero-order valence-electron chi connectivity index (χ0n) is 8.82. The first-order valence-corrected chi connectivity index (χ1v) is 5.36. The van der Waals surface area contributed by atoms with Gasteiger partial charge in [-0.15, -0.1) is 0 Å². The Labute approximate surface area is 85.8 Å². The molecule has 0 aliphatic carbocycles. The van der Waals surface area contributed by atoms with Crippen LogP contribution in [-0.4, -0.2) is 9.97 Å². The molecule has 1 rings (SSSR count). The predicted octanol–water partition coefficient (Wildman–Crippen LogP) is 2.45. The van der Waals surface area contributed by atoms with Gasteiger partial charge in [-0.2, -0.15) is 0 Å². The lowest BCUT2D eigenvalue weighted by molar-refractivity contribution is 0.556. The second-order valence-corrected chi connectivity index (χ2v) is 3.59. The summed E-state index contributed by atoms with van der Waals surface area (Å²) in [5.41, 5.74) is 6.94. The van der Waals surface area contributed by atoms with E-state index in [9.17, 15) is 0 Å². The maximum absolute atomic E-state index is 5.99. The van der Waals surface area contributed by atoms with Crippen molar-refractivity contribution in [2.75, 3.05) is 0 Å². The Bertz CT molecular complexity index is 236. The summed E-state index contributed by atoms with van der Waals surface area (Å²) in [6.07, 6.45) is 9.36. The van der Waals surface area contributed by atoms with Crippen molar-refractivity contribution < 1.29 is 0 Å². The van der Waals surface area contributed by atoms with E-state index in [1.165, 1.54) is 25.7 Å². The maximum atomic E-state index is 5.99. The molecule has 0 amide bonds. The third kappa shape index (κ3) is 3.83. The molecule has 0 radical (unpaired) electrons. The standard InChI is InChI=1S/C11H19N3/c1-2-3-4-5-6-10(12)11-7-8-13-9-14-11/h7-10H,2-6,12H2,1H3. The molecule has 0 fully saturated rings. The highest BCUT2D eigenvalue weighted by atomic mass is 14.8. The zero-order chi connectivity index (χ0) is 10.2. The van der Waals surface area contributed by atoms with Crippen molar-refractivity contribution in [3.8, 4) is 0 Å². The first-order valence-electron chi connectivity index (χ1n) is 5.36. The van der Waals surface area contributed by atoms with Gasteiger partial charge in [0.2, 0.25) is 0 Å². The Morgan fingerprint density at radius 3 is 2.86 bits per heavy atom. The highest BCUT2D eigenvalue weighted by molar-refractivity contribution is 5.03. The van der Waals surface area contributed by atoms with E-state index in [1.807, 2.05) is 6.07 Å². The van der Waals surface area contributed by atoms with Crippen LogP contribution in [0, 0.1) is 0 Å². The molecule has 3 nitrogen and oxygen atoms in total. The summed E-state index contributed by atoms with van der Waals surface area (Å²) in [5.74, 6) is 0. The van der Waals surface area contributed by atoms with E-state index in [4.69, 9.17) is 5.73 Å². The molecule has 78 valence electrons. The van der Waals surface area contributed by atoms with Crippen LogP contribution in [0.5, 0.6) is 0 Å². The normalized spacial score (nSPS) is 12.7. The van der Waals surface area contributed by atoms with Gasteiger partial charge in [0.05, 0.1) is 5.69 Å². The molecule has 0 bridgehead atoms. The highest BCUT2D eigenvalue weighted by Crippen LogP contribution is 2.14. The highest BCUT2D eigenvalue weighted by Gasteiger charge is 2.05. The average Bonchev–Trinajstić information content (AvgIpc) is 2.25. The Balaban J connectivity index is 2.25. The molecule has 1 unspecified atom stereocenters. The van der Waals surface area contributed by atoms with E-state index >= 15 is 0 Å². The van der Waals surface area contributed by atoms with Crippen molar-refractivity contribution in [2.24, 2.45) is 5.73 Å². The minimum absolute atomic E-state index is 0.0786. The summed E-state index contributed by atoms with van der Waals surface area (Å²) in [6.45, 7) is 2.21. The van der Waals surface area contributed by atoms with Crippen molar-refractivity contribution in [3.63, 3.8) is 0 Å². The summed E-state index contributed by atoms with van der Waals surface area (Å²) in [7, 11) is 0. The molecular weight excluding hydrogens is 174 g/mol. The molecule has 1 aromatic rings. The molecule has 14 heavy (non-hydrogen) atoms. The van der Waals surface area contributed by atoms with Crippen molar-refractivity contribution >= 4 is 0 Å². The van der Waals surface area contributed by atoms with Gasteiger partial charge in [-0.25, -0.2) is 9.97 Å². The van der Waals surface area contributed by atoms with Crippen molar-refractivity contribution in [1.29, 1.82) is 0 Å². The SMILES string of the molecule is CCCCCCC(N)c1ccncn1. The van der Waals surface area contributed by atoms with Crippen molar-refractivity contribution in [1.82, 2.24) is 9.97 Å². The average molecular weight is 193 g/mol. The number of aromatic nitrogens is 2. The van der Waals surface area contributed by atoms with Crippen LogP contribution in [0.1, 0.15) is 50.8 Å². The second-order valence-electron chi connectivity index (χ2n) is 3.59. The summed E-state index contributed by atoms with van der Waals surface area (Å²) >= 11 is 0. The number of hydrogen-bond donors (Lipinski definition) is 1. The van der Waals surface area contributed by atoms with Gasteiger partial charge < -0.3 is 5.73 Å². The molecule has 1 atom stereocenters. The molecule has 3 heteroatoms. The van der Waals surface area contributed by atoms with E-state index < -0.39 is 0 Å². The van der Waals surface area contributed by atoms with Gasteiger partial charge in [-0.3, -0.25) is 0 Å². The van der Waals surface area contributed by atoms with Crippen molar-refractivity contribution in [3.05, 3.63) is 24.3 Å². The van der Waals surface area contributed by atoms with Gasteiger partial charge in [0.1, 0.15) is 6.33 Å². The molecule has 0 aliphatic rings. The number of nitrogens with two attached hydrogens (primary N) is 1. The Hall–Kier alpha value is -0.960. The zero-order valence-corrected chi connectivity index (χ0v) is 8.82. The third-order valence-electron chi connectivity index (χ3n) is 2.35. The second kappa shape index (κ2) is 6.49. The molecule has 0 saturated heterocycles. The maximum Gasteiger partial charge on any atom is 0.115 e. The molecule has 0 saturated carbocycles. The lowest BCUT2D eigenvalue weighted by Gasteiger charge is -2.09. The summed E-state index contributed by atoms with van der Waals surface area (Å²) in [6, 6.07) is 1.97. The van der Waals surface area contributed by atoms with E-state index in [0.717, 1.165) is 12.1 Å². The predicted molar refractivity (Wildman–Crippen MR) is 57.7 cm³/mol. The van der Waals surface area contributed by atoms with Gasteiger partial charge in [0.15, 0.2) is 0 Å². The van der Waals surface area contributed by atoms with Crippen molar-refractivity contribution in [2.45, 2.75) is 45.1 Å². The van der Waals surface area contributed by atoms with Gasteiger partial charge in [-0.05, 0) is 12.5 Å². The number of unbranched alkanes of at least 4 members (excludes halogenated alkanes) is 3. The van der Waals surface area contributed by atoms with Gasteiger partial charge >= 0.3 is 0 Å². The quantitative estimate of drug-likeness (QED) is 0.706. The summed E-state index contributed by atoms with van der Waals surface area (Å²) in [5, 5.41) is 0. The van der Waals surface area contributed by atoms with E-state index in [-0.39, 0.29) is 6.04 Å². The molecule has 0 aromatic carbocycles. The molecule has 1 heterocycles. The topological polar surface area (TPSA) is 51.8 Å². The minimum atomic E-state index is 0.0786. The van der Waals surface area contributed by atoms with Crippen LogP contribution in [0.4, 0.5) is 0 Å². The van der Waals surface area contributed by atoms with Crippen LogP contribution in [0.2, 0.25) is 0 Å². The van der Waals surface area contributed by atoms with Crippen LogP contribution in [-0.2, 0) is 0 Å². The summed E-state index contributed by atoms with van der Waals surface area (Å²) < 4.78 is 0. The molecule has 0 aliphatic heterocycles. The monoisotopic (exact) mass is 193 g/mol. The fourth-order valence-corrected chi connectivity index (χ4v) is 1.46. The lowest BCUT2D eigenvalue weighted by Crippen LogP contribution is -2.11. The van der Waals surface area contributed by atoms with Crippen LogP contribution in [0.3, 0.4) is 0 Å². The molecule has 1 aromatic heterocycles. The lowest BCUT2D eigenvalue weighted by atomic mass is 10.1. The smallest absolute Gasteiger partial charge is 0.115 e. The molecular formula is C11H19N3. The minimum Gasteiger partial charge on any atom is -0.323 e. The van der Waals surface area contributed by atoms with Crippen LogP contribution >= 0.6 is 0 Å². The third-order valence-corrected chi connectivity index (χ3v) is 2.35. The number of hydrogen-bond acceptors (Lipinski definition) is 3. The molecule has 2 N–H and O–H groups in total. The van der Waals surface area contributed by atoms with E-state index in [2.05, 4.69) is 16.9 Å². The van der Waals surface area contributed by atoms with Gasteiger partial charge in [-0.1, -0.05) is 32.6 Å². The fourth-order valence-electron chi connectivity index (χ4n) is 1.46. The number of nitrogens with zero attached hydrogens (tertiary/aromatic N) is 2. The van der Waals surface area contributed by atoms with Crippen LogP contribution in [0.15, 0.2) is 18.6 Å². The molecule has 0 spiro atoms. The van der Waals surface area contributed by atoms with Gasteiger partial charge in [0.25, 0.3) is 0 Å². The van der Waals surface area contributed by atoms with E-state index in [1.54, 1.807) is 12.5 Å². The van der Waals surface area contributed by atoms with Crippen LogP contribution in [0.25, 0.3) is 0 Å². The first kappa shape index (κ1) is 11.1. The Morgan fingerprint density at radius 1 is 1.36 bits per heavy atom. The summed E-state index contributed by atoms with van der Waals surface area (Å²) in [4.78, 5) is 8.01. The van der Waals surface area contributed by atoms with Crippen LogP contribution < -0.4 is 5.73 Å². The van der Waals surface area contributed by atoms with E-state index in [0.29, 0.717) is 0 Å². The fraction of sp³-hybridized carbons (Fsp3) is 0.636. The Kier molecular flexibility index (Phi) is 5.15.